The van der Waals surface area contributed by atoms with Crippen LogP contribution in [0.25, 0.3) is 27.8 Å². The summed E-state index contributed by atoms with van der Waals surface area (Å²) >= 11 is 0. The summed E-state index contributed by atoms with van der Waals surface area (Å²) < 4.78 is 0. The number of allylic oxidation sites excluding steroid dienone is 7. The summed E-state index contributed by atoms with van der Waals surface area (Å²) in [7, 11) is 0. The van der Waals surface area contributed by atoms with Crippen molar-refractivity contribution in [2.75, 3.05) is 9.80 Å². The Morgan fingerprint density at radius 2 is 0.962 bits per heavy atom. The molecule has 0 aliphatic heterocycles. The van der Waals surface area contributed by atoms with Gasteiger partial charge in [-0.2, -0.15) is 0 Å². The number of nitrogens with zero attached hydrogens (tertiary/aromatic N) is 2. The maximum Gasteiger partial charge on any atom is 0.0727 e. The Morgan fingerprint density at radius 3 is 1.44 bits per heavy atom. The van der Waals surface area contributed by atoms with Gasteiger partial charge < -0.3 is 9.80 Å². The summed E-state index contributed by atoms with van der Waals surface area (Å²) in [6.07, 6.45) is 14.5. The lowest BCUT2D eigenvalue weighted by Gasteiger charge is -2.42. The molecule has 0 saturated carbocycles. The average molecular weight is 1020 g/mol. The van der Waals surface area contributed by atoms with Gasteiger partial charge in [-0.05, 0) is 184 Å². The van der Waals surface area contributed by atoms with E-state index in [9.17, 15) is 0 Å². The van der Waals surface area contributed by atoms with Crippen molar-refractivity contribution >= 4 is 34.0 Å². The van der Waals surface area contributed by atoms with E-state index in [0.29, 0.717) is 5.92 Å². The van der Waals surface area contributed by atoms with Crippen LogP contribution >= 0.6 is 0 Å². The van der Waals surface area contributed by atoms with E-state index < -0.39 is 5.41 Å². The molecule has 0 saturated heterocycles. The van der Waals surface area contributed by atoms with Crippen LogP contribution in [0.3, 0.4) is 0 Å². The largest absolute Gasteiger partial charge is 0.310 e. The van der Waals surface area contributed by atoms with Gasteiger partial charge in [-0.25, -0.2) is 0 Å². The first-order valence-electron chi connectivity index (χ1n) is 29.0. The van der Waals surface area contributed by atoms with Gasteiger partial charge in [0, 0.05) is 39.4 Å². The highest BCUT2D eigenvalue weighted by Gasteiger charge is 2.56. The standard InChI is InChI=1S/C76H82N2/c1-48-22-21-25-60-67-65(78(54-38-32-51(33-39-54)72(8,9)10)55-42-44-75(16,45-43-55)73(11,12)13)47-64-66(69(67)74(14,15)68(48)60)59-41-40-56(46-63(59)76(64)61-26-19-17-23-57(61)58-24-18-20-27-62(58)76)77(52-34-28-49(29-35-52)70(2,3)4)53-36-30-50(31-37-53)71(5,6)7/h17-21,23-44,46-48H,22,45H2,1-16H3. The van der Waals surface area contributed by atoms with Gasteiger partial charge >= 0.3 is 0 Å². The molecule has 0 N–H and O–H groups in total. The Hall–Kier alpha value is -6.90. The van der Waals surface area contributed by atoms with Gasteiger partial charge in [-0.3, -0.25) is 0 Å². The van der Waals surface area contributed by atoms with Crippen LogP contribution in [0.4, 0.5) is 28.4 Å². The number of hydrogen-bond donors (Lipinski definition) is 0. The van der Waals surface area contributed by atoms with Crippen molar-refractivity contribution in [1.29, 1.82) is 0 Å². The zero-order valence-corrected chi connectivity index (χ0v) is 49.6. The van der Waals surface area contributed by atoms with E-state index in [1.807, 2.05) is 0 Å². The van der Waals surface area contributed by atoms with Gasteiger partial charge in [0.1, 0.15) is 0 Å². The van der Waals surface area contributed by atoms with Crippen LogP contribution < -0.4 is 9.80 Å². The molecule has 0 bridgehead atoms. The number of fused-ring (bicyclic) bond motifs is 13. The maximum atomic E-state index is 2.68. The lowest BCUT2D eigenvalue weighted by atomic mass is 9.64. The smallest absolute Gasteiger partial charge is 0.0727 e. The van der Waals surface area contributed by atoms with Crippen molar-refractivity contribution in [2.45, 2.75) is 151 Å². The zero-order chi connectivity index (χ0) is 55.3. The van der Waals surface area contributed by atoms with Gasteiger partial charge in [-0.1, -0.05) is 226 Å². The molecular formula is C76H82N2. The van der Waals surface area contributed by atoms with E-state index in [4.69, 9.17) is 0 Å². The van der Waals surface area contributed by atoms with E-state index in [2.05, 4.69) is 297 Å². The first-order valence-corrected chi connectivity index (χ1v) is 29.0. The Bertz CT molecular complexity index is 3590. The van der Waals surface area contributed by atoms with Gasteiger partial charge in [-0.15, -0.1) is 0 Å². The summed E-state index contributed by atoms with van der Waals surface area (Å²) in [5.41, 5.74) is 27.0. The van der Waals surface area contributed by atoms with Crippen molar-refractivity contribution in [3.8, 4) is 22.3 Å². The van der Waals surface area contributed by atoms with Crippen molar-refractivity contribution in [2.24, 2.45) is 16.7 Å². The predicted molar refractivity (Wildman–Crippen MR) is 334 cm³/mol. The third-order valence-electron chi connectivity index (χ3n) is 19.3. The number of hydrogen-bond acceptors (Lipinski definition) is 2. The van der Waals surface area contributed by atoms with Crippen molar-refractivity contribution < 1.29 is 0 Å². The Morgan fingerprint density at radius 1 is 0.474 bits per heavy atom. The Kier molecular flexibility index (Phi) is 11.7. The fraction of sp³-hybridized carbons (Fsp3) is 0.342. The Balaban J connectivity index is 1.19. The van der Waals surface area contributed by atoms with Crippen LogP contribution in [0.15, 0.2) is 187 Å². The lowest BCUT2D eigenvalue weighted by molar-refractivity contribution is 0.169. The fourth-order valence-electron chi connectivity index (χ4n) is 14.3. The molecule has 396 valence electrons. The average Bonchev–Trinajstić information content (AvgIpc) is 1.82. The van der Waals surface area contributed by atoms with Crippen LogP contribution in [0, 0.1) is 16.7 Å². The molecule has 2 heteroatoms. The highest BCUT2D eigenvalue weighted by Crippen LogP contribution is 2.69. The monoisotopic (exact) mass is 1020 g/mol. The topological polar surface area (TPSA) is 6.48 Å². The Labute approximate surface area is 468 Å². The molecule has 0 amide bonds. The fourth-order valence-corrected chi connectivity index (χ4v) is 14.3. The second kappa shape index (κ2) is 17.6. The second-order valence-corrected chi connectivity index (χ2v) is 28.5. The van der Waals surface area contributed by atoms with Gasteiger partial charge in [0.25, 0.3) is 0 Å². The van der Waals surface area contributed by atoms with Gasteiger partial charge in [0.05, 0.1) is 11.1 Å². The van der Waals surface area contributed by atoms with Crippen molar-refractivity contribution in [1.82, 2.24) is 0 Å². The minimum atomic E-state index is -0.626. The van der Waals surface area contributed by atoms with Crippen LogP contribution in [0.2, 0.25) is 0 Å². The molecule has 2 atom stereocenters. The van der Waals surface area contributed by atoms with Crippen molar-refractivity contribution in [3.05, 3.63) is 237 Å². The molecule has 5 aliphatic rings. The SMILES string of the molecule is CC1CC=CC2=C1C(C)(C)c1c2c(N(C2=CCC(C)(C(C)(C)C)C=C2)c2ccc(C(C)(C)C)cc2)cc2c1-c1ccc(N(c3ccc(C(C)(C)C)cc3)c3ccc(C(C)(C)C)cc3)cc1C21c2ccccc2-c2ccccc21. The summed E-state index contributed by atoms with van der Waals surface area (Å²) in [5.74, 6) is 0.393. The normalized spacial score (nSPS) is 19.5. The van der Waals surface area contributed by atoms with Crippen LogP contribution in [0.1, 0.15) is 174 Å². The molecule has 0 fully saturated rings. The van der Waals surface area contributed by atoms with E-state index in [1.165, 1.54) is 95.0 Å². The van der Waals surface area contributed by atoms with E-state index in [0.717, 1.165) is 29.9 Å². The molecule has 1 spiro atoms. The van der Waals surface area contributed by atoms with Crippen LogP contribution in [0.5, 0.6) is 0 Å². The number of benzene rings is 7. The zero-order valence-electron chi connectivity index (χ0n) is 49.6. The molecular weight excluding hydrogens is 941 g/mol. The van der Waals surface area contributed by atoms with E-state index in [-0.39, 0.29) is 32.5 Å². The first kappa shape index (κ1) is 51.8. The van der Waals surface area contributed by atoms with Crippen LogP contribution in [-0.2, 0) is 27.1 Å². The molecule has 0 radical (unpaired) electrons. The minimum absolute atomic E-state index is 0.00912. The second-order valence-electron chi connectivity index (χ2n) is 28.5. The minimum Gasteiger partial charge on any atom is -0.310 e. The quantitative estimate of drug-likeness (QED) is 0.164. The lowest BCUT2D eigenvalue weighted by Crippen LogP contribution is -2.33. The summed E-state index contributed by atoms with van der Waals surface area (Å²) in [6.45, 7) is 38.0. The third kappa shape index (κ3) is 7.77. The number of anilines is 5. The third-order valence-corrected chi connectivity index (χ3v) is 19.3. The number of rotatable bonds is 6. The molecule has 78 heavy (non-hydrogen) atoms. The molecule has 7 aromatic carbocycles. The molecule has 2 nitrogen and oxygen atoms in total. The molecule has 7 aromatic rings. The molecule has 12 rings (SSSR count). The molecule has 2 unspecified atom stereocenters. The maximum absolute atomic E-state index is 2.68. The van der Waals surface area contributed by atoms with E-state index in [1.54, 1.807) is 5.57 Å². The van der Waals surface area contributed by atoms with E-state index >= 15 is 0 Å². The predicted octanol–water partition coefficient (Wildman–Crippen LogP) is 21.1. The van der Waals surface area contributed by atoms with Gasteiger partial charge in [0.2, 0.25) is 0 Å². The molecule has 5 aliphatic carbocycles. The summed E-state index contributed by atoms with van der Waals surface area (Å²) in [4.78, 5) is 5.16. The molecule has 0 aromatic heterocycles. The van der Waals surface area contributed by atoms with Crippen molar-refractivity contribution in [3.63, 3.8) is 0 Å². The van der Waals surface area contributed by atoms with Crippen LogP contribution in [-0.4, -0.2) is 0 Å². The van der Waals surface area contributed by atoms with Gasteiger partial charge in [0.15, 0.2) is 0 Å². The first-order chi connectivity index (χ1) is 36.7. The highest BCUT2D eigenvalue weighted by molar-refractivity contribution is 6.05. The summed E-state index contributed by atoms with van der Waals surface area (Å²) in [5, 5.41) is 0. The molecule has 0 heterocycles. The summed E-state index contributed by atoms with van der Waals surface area (Å²) in [6, 6.07) is 57.1. The highest BCUT2D eigenvalue weighted by atomic mass is 15.2.